The number of hydrazine groups is 1. The topological polar surface area (TPSA) is 108 Å². The summed E-state index contributed by atoms with van der Waals surface area (Å²) in [4.78, 5) is 35.4. The van der Waals surface area contributed by atoms with Gasteiger partial charge in [0.05, 0.1) is 35.6 Å². The van der Waals surface area contributed by atoms with Gasteiger partial charge in [0.2, 0.25) is 0 Å². The van der Waals surface area contributed by atoms with Crippen molar-refractivity contribution in [2.24, 2.45) is 23.2 Å². The summed E-state index contributed by atoms with van der Waals surface area (Å²) in [7, 11) is 3.50. The van der Waals surface area contributed by atoms with Crippen molar-refractivity contribution in [3.05, 3.63) is 41.0 Å². The number of thioether (sulfide) groups is 1. The number of nitrogens with one attached hydrogen (secondary N) is 3. The molecule has 380 valence electrons. The fourth-order valence-corrected chi connectivity index (χ4v) is 13.3. The number of hydrogen-bond donors (Lipinski definition) is 3. The fourth-order valence-electron chi connectivity index (χ4n) is 11.5. The average molecular weight is 965 g/mol. The van der Waals surface area contributed by atoms with Gasteiger partial charge < -0.3 is 25.0 Å². The Morgan fingerprint density at radius 2 is 1.81 bits per heavy atom. The zero-order valence-electron chi connectivity index (χ0n) is 41.7. The number of nitrogens with zero attached hydrogens (tertiary/aromatic N) is 3. The van der Waals surface area contributed by atoms with Crippen molar-refractivity contribution in [2.75, 3.05) is 46.9 Å². The summed E-state index contributed by atoms with van der Waals surface area (Å²) in [5.74, 6) is -1.02. The van der Waals surface area contributed by atoms with Gasteiger partial charge >= 0.3 is 12.1 Å². The Balaban J connectivity index is 1.42. The highest BCUT2D eigenvalue weighted by atomic mass is 32.2. The van der Waals surface area contributed by atoms with E-state index in [1.165, 1.54) is 30.7 Å². The predicted molar refractivity (Wildman–Crippen MR) is 260 cm³/mol. The van der Waals surface area contributed by atoms with Crippen molar-refractivity contribution >= 4 is 23.5 Å². The van der Waals surface area contributed by atoms with Gasteiger partial charge in [-0.1, -0.05) is 52.2 Å². The number of likely N-dealkylation sites (N-methyl/N-ethyl adjacent to an activating group) is 1. The maximum atomic E-state index is 16.1. The van der Waals surface area contributed by atoms with E-state index < -0.39 is 53.3 Å². The van der Waals surface area contributed by atoms with Gasteiger partial charge in [0.1, 0.15) is 11.8 Å². The second-order valence-electron chi connectivity index (χ2n) is 21.4. The van der Waals surface area contributed by atoms with Gasteiger partial charge in [0.15, 0.2) is 0 Å². The Kier molecular flexibility index (Phi) is 20.5. The molecule has 2 aliphatic carbocycles. The number of aromatic nitrogens is 1. The molecule has 67 heavy (non-hydrogen) atoms. The van der Waals surface area contributed by atoms with E-state index in [-0.39, 0.29) is 54.4 Å². The Hall–Kier alpha value is -2.14. The first-order chi connectivity index (χ1) is 32.0. The van der Waals surface area contributed by atoms with E-state index in [1.54, 1.807) is 14.0 Å². The Labute approximate surface area is 404 Å². The number of carbonyl (C=O) groups is 2. The van der Waals surface area contributed by atoms with Crippen LogP contribution < -0.4 is 16.1 Å². The molecule has 4 heterocycles. The third-order valence-electron chi connectivity index (χ3n) is 15.7. The summed E-state index contributed by atoms with van der Waals surface area (Å²) < 4.78 is 72.0. The van der Waals surface area contributed by atoms with Crippen LogP contribution in [0.5, 0.6) is 0 Å². The molecule has 3 saturated heterocycles. The minimum atomic E-state index is -4.43. The van der Waals surface area contributed by atoms with Crippen LogP contribution >= 0.6 is 11.8 Å². The molecule has 1 aromatic rings. The third-order valence-corrected chi connectivity index (χ3v) is 17.4. The van der Waals surface area contributed by atoms with Gasteiger partial charge in [-0.2, -0.15) is 13.2 Å². The number of likely N-dealkylation sites (tertiary alicyclic amines) is 1. The molecule has 3 aliphatic heterocycles. The van der Waals surface area contributed by atoms with Gasteiger partial charge in [-0.3, -0.25) is 14.6 Å². The lowest BCUT2D eigenvalue weighted by Gasteiger charge is -2.42. The quantitative estimate of drug-likeness (QED) is 0.109. The average Bonchev–Trinajstić information content (AvgIpc) is 4.00. The van der Waals surface area contributed by atoms with Gasteiger partial charge in [0, 0.05) is 68.4 Å². The number of methoxy groups -OCH3 is 1. The maximum Gasteiger partial charge on any atom is 0.389 e. The Morgan fingerprint density at radius 3 is 2.49 bits per heavy atom. The summed E-state index contributed by atoms with van der Waals surface area (Å²) >= 11 is 1.50. The van der Waals surface area contributed by atoms with Crippen molar-refractivity contribution < 1.29 is 36.6 Å². The molecule has 2 saturated carbocycles. The summed E-state index contributed by atoms with van der Waals surface area (Å²) in [5, 5.41) is 8.23. The normalized spacial score (nSPS) is 31.2. The molecular formula is C52H84F4N6O4S. The SMILES string of the molecule is C/C=C(/F)C[C@@H]1SC(CCCC(=O)[C@@H](NC)C2CCCC2)N2CCC[C@H](N2)C(=O)OCC(C)(C)CNC(c2cc(C3CCCCN(C4CC4)CC3)cnc2[C@H](C)OC)[C@@H](C)[C@@H]1CCC(F)(F)F. The number of cyclic esters (lactones) is 1. The molecule has 1 aromatic heterocycles. The summed E-state index contributed by atoms with van der Waals surface area (Å²) in [6, 6.07) is 1.61. The standard InChI is InChI=1S/C52H84F4N6O4S/c1-8-39(53)30-45-41(23-25-52(54,55)56)34(2)47(42-29-38(31-58-48(42)35(3)65-7)36-15-11-12-26-61(28-24-36)40-21-22-40)59-32-51(4,5)33-66-50(64)43-18-14-27-62(60-43)46(67-45)20-13-19-44(63)49(57-6)37-16-9-10-17-37/h8,29,31,34-37,40-41,43,45-47,49,57,59-60H,9-28,30,32-33H2,1-7H3/b39-8+/t34-,35-,36?,41-,43-,45-,46?,47?,49-/m0/s1. The predicted octanol–water partition coefficient (Wildman–Crippen LogP) is 10.9. The van der Waals surface area contributed by atoms with E-state index in [1.807, 2.05) is 45.9 Å². The van der Waals surface area contributed by atoms with Gasteiger partial charge in [0.25, 0.3) is 0 Å². The number of pyridine rings is 1. The van der Waals surface area contributed by atoms with E-state index in [0.29, 0.717) is 57.2 Å². The smallest absolute Gasteiger partial charge is 0.389 e. The molecule has 10 atom stereocenters. The van der Waals surface area contributed by atoms with Crippen LogP contribution in [0.25, 0.3) is 0 Å². The molecule has 3 N–H and O–H groups in total. The number of carbonyl (C=O) groups excluding carboxylic acids is 2. The van der Waals surface area contributed by atoms with Crippen LogP contribution in [-0.4, -0.2) is 109 Å². The van der Waals surface area contributed by atoms with Crippen LogP contribution in [0.1, 0.15) is 185 Å². The first-order valence-electron chi connectivity index (χ1n) is 25.9. The summed E-state index contributed by atoms with van der Waals surface area (Å²) in [6.45, 7) is 13.0. The molecule has 2 bridgehead atoms. The zero-order chi connectivity index (χ0) is 48.3. The number of rotatable bonds is 16. The van der Waals surface area contributed by atoms with Crippen molar-refractivity contribution in [3.8, 4) is 0 Å². The number of ether oxygens (including phenoxy) is 2. The molecule has 0 spiro atoms. The number of hydrogen-bond acceptors (Lipinski definition) is 11. The minimum Gasteiger partial charge on any atom is -0.464 e. The van der Waals surface area contributed by atoms with Crippen LogP contribution in [-0.2, 0) is 19.1 Å². The second kappa shape index (κ2) is 25.3. The lowest BCUT2D eigenvalue weighted by atomic mass is 9.76. The highest BCUT2D eigenvalue weighted by molar-refractivity contribution is 8.00. The maximum absolute atomic E-state index is 16.1. The lowest BCUT2D eigenvalue weighted by molar-refractivity contribution is -0.152. The highest BCUT2D eigenvalue weighted by Gasteiger charge is 2.42. The molecule has 6 rings (SSSR count). The van der Waals surface area contributed by atoms with Crippen LogP contribution in [0.15, 0.2) is 24.2 Å². The molecule has 0 radical (unpaired) electrons. The van der Waals surface area contributed by atoms with E-state index in [2.05, 4.69) is 27.0 Å². The number of Topliss-reactive ketones (excluding diaryl/α,β-unsaturated/α-hetero) is 1. The van der Waals surface area contributed by atoms with E-state index in [4.69, 9.17) is 14.5 Å². The molecule has 15 heteroatoms. The van der Waals surface area contributed by atoms with E-state index >= 15 is 4.39 Å². The first-order valence-corrected chi connectivity index (χ1v) is 26.9. The molecule has 0 amide bonds. The van der Waals surface area contributed by atoms with Gasteiger partial charge in [-0.05, 0) is 146 Å². The monoisotopic (exact) mass is 965 g/mol. The highest BCUT2D eigenvalue weighted by Crippen LogP contribution is 2.46. The van der Waals surface area contributed by atoms with Crippen molar-refractivity contribution in [2.45, 2.75) is 203 Å². The Bertz CT molecular complexity index is 1760. The number of alkyl halides is 3. The van der Waals surface area contributed by atoms with Crippen LogP contribution in [0, 0.1) is 23.2 Å². The number of esters is 1. The lowest BCUT2D eigenvalue weighted by Crippen LogP contribution is -2.56. The zero-order valence-corrected chi connectivity index (χ0v) is 42.6. The summed E-state index contributed by atoms with van der Waals surface area (Å²) in [5.41, 5.74) is 5.66. The number of halogens is 4. The third kappa shape index (κ3) is 15.7. The molecule has 5 aliphatic rings. The van der Waals surface area contributed by atoms with Crippen LogP contribution in [0.2, 0.25) is 0 Å². The van der Waals surface area contributed by atoms with Crippen LogP contribution in [0.4, 0.5) is 17.6 Å². The molecular weight excluding hydrogens is 881 g/mol. The largest absolute Gasteiger partial charge is 0.464 e. The van der Waals surface area contributed by atoms with Crippen LogP contribution in [0.3, 0.4) is 0 Å². The van der Waals surface area contributed by atoms with Crippen molar-refractivity contribution in [1.29, 1.82) is 0 Å². The first kappa shape index (κ1) is 54.2. The van der Waals surface area contributed by atoms with Gasteiger partial charge in [-0.25, -0.2) is 14.8 Å². The molecule has 10 nitrogen and oxygen atoms in total. The second-order valence-corrected chi connectivity index (χ2v) is 22.9. The number of fused-ring (bicyclic) bond motifs is 2. The van der Waals surface area contributed by atoms with E-state index in [9.17, 15) is 22.8 Å². The Morgan fingerprint density at radius 1 is 1.06 bits per heavy atom. The summed E-state index contributed by atoms with van der Waals surface area (Å²) in [6.07, 6.45) is 11.1. The van der Waals surface area contributed by atoms with Crippen molar-refractivity contribution in [1.82, 2.24) is 31.0 Å². The minimum absolute atomic E-state index is 0.0519. The molecule has 5 fully saturated rings. The van der Waals surface area contributed by atoms with E-state index in [0.717, 1.165) is 81.3 Å². The van der Waals surface area contributed by atoms with Gasteiger partial charge in [-0.15, -0.1) is 11.8 Å². The molecule has 0 aromatic carbocycles. The number of ketones is 1. The van der Waals surface area contributed by atoms with Crippen molar-refractivity contribution in [3.63, 3.8) is 0 Å². The fraction of sp³-hybridized carbons (Fsp3) is 0.827. The molecule has 4 unspecified atom stereocenters. The number of allylic oxidation sites excluding steroid dienone is 2.